The van der Waals surface area contributed by atoms with Crippen molar-refractivity contribution < 1.29 is 14.3 Å². The van der Waals surface area contributed by atoms with Gasteiger partial charge < -0.3 is 10.1 Å². The van der Waals surface area contributed by atoms with Crippen molar-refractivity contribution in [2.45, 2.75) is 65.5 Å². The first-order chi connectivity index (χ1) is 7.60. The van der Waals surface area contributed by atoms with E-state index < -0.39 is 11.7 Å². The van der Waals surface area contributed by atoms with Crippen molar-refractivity contribution in [1.29, 1.82) is 0 Å². The Morgan fingerprint density at radius 1 is 1.41 bits per heavy atom. The molecule has 1 amide bonds. The molecule has 0 heterocycles. The van der Waals surface area contributed by atoms with E-state index >= 15 is 0 Å². The minimum atomic E-state index is -0.487. The number of amides is 1. The summed E-state index contributed by atoms with van der Waals surface area (Å²) < 4.78 is 5.23. The van der Waals surface area contributed by atoms with Gasteiger partial charge in [0.25, 0.3) is 0 Å². The maximum atomic E-state index is 11.7. The van der Waals surface area contributed by atoms with Crippen molar-refractivity contribution in [1.82, 2.24) is 5.32 Å². The molecule has 1 fully saturated rings. The number of ether oxygens (including phenoxy) is 1. The topological polar surface area (TPSA) is 55.4 Å². The van der Waals surface area contributed by atoms with E-state index in [4.69, 9.17) is 4.74 Å². The Balaban J connectivity index is 2.56. The highest BCUT2D eigenvalue weighted by atomic mass is 16.6. The van der Waals surface area contributed by atoms with Crippen LogP contribution in [0.25, 0.3) is 0 Å². The van der Waals surface area contributed by atoms with Gasteiger partial charge in [0.2, 0.25) is 0 Å². The first kappa shape index (κ1) is 14.0. The summed E-state index contributed by atoms with van der Waals surface area (Å²) >= 11 is 0. The van der Waals surface area contributed by atoms with Crippen LogP contribution in [0.1, 0.15) is 53.9 Å². The fraction of sp³-hybridized carbons (Fsp3) is 0.846. The molecular formula is C13H23NO3. The van der Waals surface area contributed by atoms with Crippen LogP contribution in [0.2, 0.25) is 0 Å². The van der Waals surface area contributed by atoms with Crippen LogP contribution in [0.5, 0.6) is 0 Å². The fourth-order valence-electron chi connectivity index (χ4n) is 2.13. The lowest BCUT2D eigenvalue weighted by atomic mass is 9.73. The molecule has 0 saturated heterocycles. The van der Waals surface area contributed by atoms with Crippen molar-refractivity contribution in [3.05, 3.63) is 0 Å². The number of hydrogen-bond acceptors (Lipinski definition) is 3. The summed E-state index contributed by atoms with van der Waals surface area (Å²) in [6.45, 7) is 9.52. The van der Waals surface area contributed by atoms with Crippen LogP contribution in [-0.2, 0) is 9.53 Å². The zero-order valence-electron chi connectivity index (χ0n) is 11.4. The van der Waals surface area contributed by atoms with Crippen LogP contribution >= 0.6 is 0 Å². The van der Waals surface area contributed by atoms with Gasteiger partial charge in [-0.3, -0.25) is 4.79 Å². The summed E-state index contributed by atoms with van der Waals surface area (Å²) in [6, 6.07) is 0.00931. The van der Waals surface area contributed by atoms with Crippen LogP contribution in [0.15, 0.2) is 0 Å². The molecule has 1 N–H and O–H groups in total. The molecule has 98 valence electrons. The average Bonchev–Trinajstić information content (AvgIpc) is 2.05. The van der Waals surface area contributed by atoms with Crippen LogP contribution in [0.4, 0.5) is 4.79 Å². The Kier molecular flexibility index (Phi) is 3.84. The average molecular weight is 241 g/mol. The molecule has 1 aliphatic carbocycles. The van der Waals surface area contributed by atoms with Gasteiger partial charge in [-0.25, -0.2) is 4.79 Å². The van der Waals surface area contributed by atoms with Gasteiger partial charge in [-0.15, -0.1) is 0 Å². The normalized spacial score (nSPS) is 24.3. The van der Waals surface area contributed by atoms with Gasteiger partial charge in [0.15, 0.2) is 0 Å². The summed E-state index contributed by atoms with van der Waals surface area (Å²) in [4.78, 5) is 23.1. The van der Waals surface area contributed by atoms with Gasteiger partial charge in [0.1, 0.15) is 11.4 Å². The van der Waals surface area contributed by atoms with Crippen molar-refractivity contribution >= 4 is 11.9 Å². The minimum Gasteiger partial charge on any atom is -0.444 e. The van der Waals surface area contributed by atoms with Crippen molar-refractivity contribution in [2.75, 3.05) is 0 Å². The monoisotopic (exact) mass is 241 g/mol. The van der Waals surface area contributed by atoms with E-state index in [0.29, 0.717) is 19.3 Å². The van der Waals surface area contributed by atoms with E-state index in [1.807, 2.05) is 34.6 Å². The highest BCUT2D eigenvalue weighted by Gasteiger charge is 2.37. The molecule has 0 aliphatic heterocycles. The van der Waals surface area contributed by atoms with Gasteiger partial charge in [-0.2, -0.15) is 0 Å². The standard InChI is InChI=1S/C13H23NO3/c1-12(2,3)17-11(16)14-10-7-6-9(15)8-13(10,4)5/h10H,6-8H2,1-5H3,(H,14,16). The third kappa shape index (κ3) is 4.36. The molecule has 0 aromatic rings. The Morgan fingerprint density at radius 2 is 2.00 bits per heavy atom. The molecular weight excluding hydrogens is 218 g/mol. The molecule has 0 bridgehead atoms. The van der Waals surface area contributed by atoms with Crippen molar-refractivity contribution in [3.8, 4) is 0 Å². The molecule has 1 rings (SSSR count). The predicted octanol–water partition coefficient (Wildman–Crippen LogP) is 2.66. The summed E-state index contributed by atoms with van der Waals surface area (Å²) in [5, 5.41) is 2.87. The van der Waals surface area contributed by atoms with E-state index in [1.54, 1.807) is 0 Å². The van der Waals surface area contributed by atoms with Crippen LogP contribution < -0.4 is 5.32 Å². The number of nitrogens with one attached hydrogen (secondary N) is 1. The van der Waals surface area contributed by atoms with Crippen molar-refractivity contribution in [2.24, 2.45) is 5.41 Å². The lowest BCUT2D eigenvalue weighted by Gasteiger charge is -2.38. The SMILES string of the molecule is CC(C)(C)OC(=O)NC1CCC(=O)CC1(C)C. The second-order valence-electron chi connectivity index (χ2n) is 6.44. The molecule has 17 heavy (non-hydrogen) atoms. The molecule has 1 atom stereocenters. The molecule has 0 aromatic carbocycles. The highest BCUT2D eigenvalue weighted by Crippen LogP contribution is 2.33. The lowest BCUT2D eigenvalue weighted by Crippen LogP contribution is -2.49. The van der Waals surface area contributed by atoms with E-state index in [-0.39, 0.29) is 17.2 Å². The third-order valence-electron chi connectivity index (χ3n) is 3.00. The molecule has 0 radical (unpaired) electrons. The maximum absolute atomic E-state index is 11.7. The second-order valence-corrected chi connectivity index (χ2v) is 6.44. The second kappa shape index (κ2) is 4.67. The number of carbonyl (C=O) groups is 2. The Hall–Kier alpha value is -1.06. The smallest absolute Gasteiger partial charge is 0.407 e. The number of alkyl carbamates (subject to hydrolysis) is 1. The van der Waals surface area contributed by atoms with Gasteiger partial charge in [-0.1, -0.05) is 13.8 Å². The summed E-state index contributed by atoms with van der Waals surface area (Å²) in [5.74, 6) is 0.275. The first-order valence-corrected chi connectivity index (χ1v) is 6.11. The van der Waals surface area contributed by atoms with Crippen molar-refractivity contribution in [3.63, 3.8) is 0 Å². The van der Waals surface area contributed by atoms with E-state index in [0.717, 1.165) is 0 Å². The zero-order valence-corrected chi connectivity index (χ0v) is 11.4. The number of hydrogen-bond donors (Lipinski definition) is 1. The first-order valence-electron chi connectivity index (χ1n) is 6.11. The van der Waals surface area contributed by atoms with Crippen LogP contribution in [0, 0.1) is 5.41 Å². The number of rotatable bonds is 1. The summed E-state index contributed by atoms with van der Waals surface area (Å²) in [7, 11) is 0. The van der Waals surface area contributed by atoms with Gasteiger partial charge in [0, 0.05) is 18.9 Å². The minimum absolute atomic E-state index is 0.00931. The molecule has 4 nitrogen and oxygen atoms in total. The predicted molar refractivity (Wildman–Crippen MR) is 65.8 cm³/mol. The van der Waals surface area contributed by atoms with E-state index in [1.165, 1.54) is 0 Å². The van der Waals surface area contributed by atoms with Crippen LogP contribution in [0.3, 0.4) is 0 Å². The molecule has 0 aromatic heterocycles. The zero-order chi connectivity index (χ0) is 13.3. The molecule has 4 heteroatoms. The van der Waals surface area contributed by atoms with Gasteiger partial charge in [0.05, 0.1) is 0 Å². The molecule has 1 unspecified atom stereocenters. The van der Waals surface area contributed by atoms with Gasteiger partial charge >= 0.3 is 6.09 Å². The molecule has 1 aliphatic rings. The Morgan fingerprint density at radius 3 is 2.47 bits per heavy atom. The van der Waals surface area contributed by atoms with Crippen LogP contribution in [-0.4, -0.2) is 23.5 Å². The van der Waals surface area contributed by atoms with Gasteiger partial charge in [-0.05, 0) is 32.6 Å². The Labute approximate surface area is 103 Å². The van der Waals surface area contributed by atoms with E-state index in [9.17, 15) is 9.59 Å². The molecule has 1 saturated carbocycles. The fourth-order valence-corrected chi connectivity index (χ4v) is 2.13. The summed E-state index contributed by atoms with van der Waals surface area (Å²) in [6.07, 6.45) is 1.37. The number of ketones is 1. The lowest BCUT2D eigenvalue weighted by molar-refractivity contribution is -0.124. The molecule has 0 spiro atoms. The number of Topliss-reactive ketones (excluding diaryl/α,β-unsaturated/α-hetero) is 1. The van der Waals surface area contributed by atoms with E-state index in [2.05, 4.69) is 5.32 Å². The third-order valence-corrected chi connectivity index (χ3v) is 3.00. The number of carbonyl (C=O) groups excluding carboxylic acids is 2. The quantitative estimate of drug-likeness (QED) is 0.768. The largest absolute Gasteiger partial charge is 0.444 e. The maximum Gasteiger partial charge on any atom is 0.407 e. The Bertz CT molecular complexity index is 315. The summed E-state index contributed by atoms with van der Waals surface area (Å²) in [5.41, 5.74) is -0.676. The highest BCUT2D eigenvalue weighted by molar-refractivity contribution is 5.80.